The molecule has 1 aliphatic heterocycles. The van der Waals surface area contributed by atoms with Crippen LogP contribution in [0, 0.1) is 21.4 Å². The number of nitro benzene ring substituents is 1. The lowest BCUT2D eigenvalue weighted by Crippen LogP contribution is -2.32. The topological polar surface area (TPSA) is 118 Å². The third-order valence-electron chi connectivity index (χ3n) is 5.19. The first-order chi connectivity index (χ1) is 16.0. The average Bonchev–Trinajstić information content (AvgIpc) is 3.35. The molecule has 33 heavy (non-hydrogen) atoms. The van der Waals surface area contributed by atoms with Gasteiger partial charge in [0, 0.05) is 35.7 Å². The number of nitro groups is 1. The fraction of sp³-hybridized carbons (Fsp3) is 0.208. The summed E-state index contributed by atoms with van der Waals surface area (Å²) in [6.45, 7) is 0.997. The van der Waals surface area contributed by atoms with Crippen LogP contribution in [0.1, 0.15) is 18.4 Å². The second-order valence-corrected chi connectivity index (χ2v) is 8.52. The van der Waals surface area contributed by atoms with Crippen LogP contribution >= 0.6 is 11.8 Å². The molecule has 4 rings (SSSR count). The summed E-state index contributed by atoms with van der Waals surface area (Å²) in [5.41, 5.74) is 0.920. The maximum absolute atomic E-state index is 12.4. The number of ether oxygens (including phenoxy) is 1. The number of hydrogen-bond acceptors (Lipinski definition) is 7. The van der Waals surface area contributed by atoms with Crippen LogP contribution in [-0.2, 0) is 9.53 Å². The molecule has 1 saturated heterocycles. The number of carbonyl (C=O) groups is 1. The first-order valence-electron chi connectivity index (χ1n) is 10.4. The highest BCUT2D eigenvalue weighted by Crippen LogP contribution is 2.38. The zero-order chi connectivity index (χ0) is 23.2. The van der Waals surface area contributed by atoms with Crippen LogP contribution in [0.4, 0.5) is 5.69 Å². The molecular formula is C24H20N4O4S. The molecule has 8 nitrogen and oxygen atoms in total. The quantitative estimate of drug-likeness (QED) is 0.239. The fourth-order valence-corrected chi connectivity index (χ4v) is 4.58. The average molecular weight is 461 g/mol. The Balaban J connectivity index is 1.57. The molecular weight excluding hydrogens is 440 g/mol. The van der Waals surface area contributed by atoms with Crippen LogP contribution < -0.4 is 5.32 Å². The monoisotopic (exact) mass is 460 g/mol. The van der Waals surface area contributed by atoms with Crippen molar-refractivity contribution in [3.63, 3.8) is 0 Å². The number of hydrogen-bond donors (Lipinski definition) is 1. The predicted molar refractivity (Wildman–Crippen MR) is 125 cm³/mol. The Kier molecular flexibility index (Phi) is 6.98. The summed E-state index contributed by atoms with van der Waals surface area (Å²) in [6, 6.07) is 16.0. The number of nitrogens with one attached hydrogen (secondary N) is 1. The van der Waals surface area contributed by atoms with Gasteiger partial charge in [0.2, 0.25) is 0 Å². The lowest BCUT2D eigenvalue weighted by Gasteiger charge is -2.10. The third kappa shape index (κ3) is 5.37. The molecule has 1 atom stereocenters. The minimum absolute atomic E-state index is 0.0464. The van der Waals surface area contributed by atoms with Crippen molar-refractivity contribution < 1.29 is 14.5 Å². The van der Waals surface area contributed by atoms with E-state index in [2.05, 4.69) is 10.3 Å². The molecule has 0 spiro atoms. The Morgan fingerprint density at radius 1 is 1.30 bits per heavy atom. The van der Waals surface area contributed by atoms with Crippen LogP contribution in [0.5, 0.6) is 0 Å². The number of benzene rings is 2. The van der Waals surface area contributed by atoms with Crippen LogP contribution in [0.2, 0.25) is 0 Å². The van der Waals surface area contributed by atoms with E-state index in [1.807, 2.05) is 36.4 Å². The van der Waals surface area contributed by atoms with Crippen LogP contribution in [-0.4, -0.2) is 35.1 Å². The smallest absolute Gasteiger partial charge is 0.283 e. The molecule has 3 aromatic rings. The molecule has 9 heteroatoms. The maximum atomic E-state index is 12.4. The number of nitriles is 1. The third-order valence-corrected chi connectivity index (χ3v) is 6.30. The maximum Gasteiger partial charge on any atom is 0.283 e. The van der Waals surface area contributed by atoms with Gasteiger partial charge in [0.1, 0.15) is 11.6 Å². The van der Waals surface area contributed by atoms with E-state index in [1.165, 1.54) is 23.9 Å². The zero-order valence-corrected chi connectivity index (χ0v) is 18.4. The van der Waals surface area contributed by atoms with Gasteiger partial charge in [0.05, 0.1) is 21.4 Å². The molecule has 0 aliphatic carbocycles. The van der Waals surface area contributed by atoms with Gasteiger partial charge in [-0.25, -0.2) is 0 Å². The van der Waals surface area contributed by atoms with E-state index >= 15 is 0 Å². The molecule has 1 fully saturated rings. The van der Waals surface area contributed by atoms with Gasteiger partial charge in [-0.1, -0.05) is 36.0 Å². The standard InChI is InChI=1S/C24H20N4O4S/c25-14-18(24(29)27-15-19-6-3-11-32-19)12-16-8-9-21(20(13-16)28(30)31)33-22-7-1-4-17-5-2-10-26-23(17)22/h1-2,4-5,7-10,12-13,19H,3,6,11,15H2,(H,27,29)/b18-12+/t19-/m1/s1. The lowest BCUT2D eigenvalue weighted by atomic mass is 10.1. The van der Waals surface area contributed by atoms with Crippen molar-refractivity contribution in [1.29, 1.82) is 5.26 Å². The predicted octanol–water partition coefficient (Wildman–Crippen LogP) is 4.50. The summed E-state index contributed by atoms with van der Waals surface area (Å²) in [5.74, 6) is -0.532. The minimum Gasteiger partial charge on any atom is -0.376 e. The van der Waals surface area contributed by atoms with E-state index in [0.29, 0.717) is 23.6 Å². The van der Waals surface area contributed by atoms with Gasteiger partial charge in [-0.2, -0.15) is 5.26 Å². The second kappa shape index (κ2) is 10.3. The Bertz CT molecular complexity index is 1270. The number of carbonyl (C=O) groups excluding carboxylic acids is 1. The molecule has 1 aliphatic rings. The minimum atomic E-state index is -0.532. The zero-order valence-electron chi connectivity index (χ0n) is 17.6. The highest BCUT2D eigenvalue weighted by atomic mass is 32.2. The van der Waals surface area contributed by atoms with Crippen molar-refractivity contribution >= 4 is 40.3 Å². The van der Waals surface area contributed by atoms with E-state index in [-0.39, 0.29) is 17.4 Å². The van der Waals surface area contributed by atoms with E-state index in [4.69, 9.17) is 4.74 Å². The van der Waals surface area contributed by atoms with E-state index < -0.39 is 10.8 Å². The second-order valence-electron chi connectivity index (χ2n) is 7.43. The summed E-state index contributed by atoms with van der Waals surface area (Å²) in [7, 11) is 0. The molecule has 0 unspecified atom stereocenters. The number of nitrogens with zero attached hydrogens (tertiary/aromatic N) is 3. The highest BCUT2D eigenvalue weighted by Gasteiger charge is 2.19. The molecule has 0 bridgehead atoms. The lowest BCUT2D eigenvalue weighted by molar-refractivity contribution is -0.387. The van der Waals surface area contributed by atoms with Crippen molar-refractivity contribution in [2.45, 2.75) is 28.7 Å². The highest BCUT2D eigenvalue weighted by molar-refractivity contribution is 7.99. The number of aromatic nitrogens is 1. The Morgan fingerprint density at radius 3 is 2.91 bits per heavy atom. The van der Waals surface area contributed by atoms with Crippen molar-refractivity contribution in [2.75, 3.05) is 13.2 Å². The summed E-state index contributed by atoms with van der Waals surface area (Å²) in [6.07, 6.45) is 4.80. The summed E-state index contributed by atoms with van der Waals surface area (Å²) < 4.78 is 5.47. The van der Waals surface area contributed by atoms with Crippen LogP contribution in [0.15, 0.2) is 70.1 Å². The number of para-hydroxylation sites is 1. The van der Waals surface area contributed by atoms with Crippen molar-refractivity contribution in [3.05, 3.63) is 76.0 Å². The van der Waals surface area contributed by atoms with Crippen LogP contribution in [0.3, 0.4) is 0 Å². The summed E-state index contributed by atoms with van der Waals surface area (Å²) >= 11 is 1.25. The first kappa shape index (κ1) is 22.5. The Morgan fingerprint density at radius 2 is 2.15 bits per heavy atom. The Labute approximate surface area is 194 Å². The SMILES string of the molecule is N#C/C(=C\c1ccc(Sc2cccc3cccnc23)c([N+](=O)[O-])c1)C(=O)NC[C@H]1CCCO1. The van der Waals surface area contributed by atoms with E-state index in [1.54, 1.807) is 18.3 Å². The molecule has 1 aromatic heterocycles. The van der Waals surface area contributed by atoms with Crippen LogP contribution in [0.25, 0.3) is 17.0 Å². The number of pyridine rings is 1. The fourth-order valence-electron chi connectivity index (χ4n) is 3.55. The van der Waals surface area contributed by atoms with Crippen molar-refractivity contribution in [3.8, 4) is 6.07 Å². The first-order valence-corrected chi connectivity index (χ1v) is 11.2. The van der Waals surface area contributed by atoms with Gasteiger partial charge in [-0.15, -0.1) is 0 Å². The van der Waals surface area contributed by atoms with Gasteiger partial charge in [0.25, 0.3) is 11.6 Å². The normalized spacial score (nSPS) is 15.8. The molecule has 0 radical (unpaired) electrons. The number of rotatable bonds is 7. The van der Waals surface area contributed by atoms with Gasteiger partial charge in [-0.3, -0.25) is 19.9 Å². The van der Waals surface area contributed by atoms with Gasteiger partial charge in [0.15, 0.2) is 0 Å². The van der Waals surface area contributed by atoms with Gasteiger partial charge in [-0.05, 0) is 42.7 Å². The molecule has 2 heterocycles. The molecule has 1 amide bonds. The summed E-state index contributed by atoms with van der Waals surface area (Å²) in [4.78, 5) is 29.3. The molecule has 2 aromatic carbocycles. The Hall–Kier alpha value is -3.74. The van der Waals surface area contributed by atoms with Gasteiger partial charge < -0.3 is 10.1 Å². The summed E-state index contributed by atoms with van der Waals surface area (Å²) in [5, 5.41) is 24.8. The molecule has 0 saturated carbocycles. The van der Waals surface area contributed by atoms with Crippen molar-refractivity contribution in [1.82, 2.24) is 10.3 Å². The largest absolute Gasteiger partial charge is 0.376 e. The van der Waals surface area contributed by atoms with E-state index in [0.717, 1.165) is 28.6 Å². The number of fused-ring (bicyclic) bond motifs is 1. The van der Waals surface area contributed by atoms with Gasteiger partial charge >= 0.3 is 0 Å². The molecule has 166 valence electrons. The van der Waals surface area contributed by atoms with E-state index in [9.17, 15) is 20.2 Å². The molecule has 1 N–H and O–H groups in total. The number of amides is 1. The van der Waals surface area contributed by atoms with Crippen molar-refractivity contribution in [2.24, 2.45) is 0 Å².